The van der Waals surface area contributed by atoms with Crippen molar-refractivity contribution in [2.75, 3.05) is 6.61 Å². The number of hydrogen-bond donors (Lipinski definition) is 1. The lowest BCUT2D eigenvalue weighted by atomic mass is 10.5. The van der Waals surface area contributed by atoms with Gasteiger partial charge < -0.3 is 4.74 Å². The molecule has 0 unspecified atom stereocenters. The van der Waals surface area contributed by atoms with Crippen molar-refractivity contribution in [2.24, 2.45) is 0 Å². The first kappa shape index (κ1) is 7.71. The molecule has 1 heterocycles. The molecule has 1 N–H and O–H groups in total. The summed E-state index contributed by atoms with van der Waals surface area (Å²) in [6, 6.07) is 0. The summed E-state index contributed by atoms with van der Waals surface area (Å²) in [4.78, 5) is 10.9. The largest absolute Gasteiger partial charge is 0.461 e. The molecule has 0 aliphatic heterocycles. The molecule has 0 saturated heterocycles. The van der Waals surface area contributed by atoms with Crippen LogP contribution in [0.4, 0.5) is 0 Å². The zero-order valence-electron chi connectivity index (χ0n) is 6.20. The van der Waals surface area contributed by atoms with Crippen LogP contribution in [0.25, 0.3) is 0 Å². The van der Waals surface area contributed by atoms with Crippen LogP contribution in [0.2, 0.25) is 0 Å². The Morgan fingerprint density at radius 3 is 3.18 bits per heavy atom. The van der Waals surface area contributed by atoms with Crippen LogP contribution in [-0.4, -0.2) is 28.0 Å². The van der Waals surface area contributed by atoms with E-state index in [-0.39, 0.29) is 0 Å². The van der Waals surface area contributed by atoms with Gasteiger partial charge in [0.2, 0.25) is 0 Å². The summed E-state index contributed by atoms with van der Waals surface area (Å²) < 4.78 is 4.79. The number of nitrogens with one attached hydrogen (secondary N) is 1. The average molecular weight is 155 g/mol. The van der Waals surface area contributed by atoms with Gasteiger partial charge in [-0.3, -0.25) is 5.10 Å². The van der Waals surface area contributed by atoms with Gasteiger partial charge in [0, 0.05) is 0 Å². The van der Waals surface area contributed by atoms with Crippen LogP contribution in [-0.2, 0) is 4.74 Å². The number of esters is 1. The van der Waals surface area contributed by atoms with E-state index in [0.717, 1.165) is 6.42 Å². The summed E-state index contributed by atoms with van der Waals surface area (Å²) in [5.74, 6) is -0.406. The van der Waals surface area contributed by atoms with Crippen LogP contribution in [0.1, 0.15) is 23.8 Å². The third-order valence-corrected chi connectivity index (χ3v) is 1.07. The molecule has 1 aromatic rings. The fourth-order valence-corrected chi connectivity index (χ4v) is 0.569. The minimum atomic E-state index is -0.406. The van der Waals surface area contributed by atoms with Crippen LogP contribution in [0.3, 0.4) is 0 Å². The number of aromatic amines is 1. The third-order valence-electron chi connectivity index (χ3n) is 1.07. The quantitative estimate of drug-likeness (QED) is 0.640. The lowest BCUT2D eigenvalue weighted by Gasteiger charge is -1.97. The van der Waals surface area contributed by atoms with Crippen LogP contribution >= 0.6 is 0 Å². The maximum atomic E-state index is 10.9. The van der Waals surface area contributed by atoms with Gasteiger partial charge in [-0.15, -0.1) is 5.10 Å². The molecule has 0 fully saturated rings. The molecular formula is C6H9N3O2. The highest BCUT2D eigenvalue weighted by atomic mass is 16.5. The van der Waals surface area contributed by atoms with E-state index in [1.165, 1.54) is 6.20 Å². The van der Waals surface area contributed by atoms with Crippen molar-refractivity contribution in [1.82, 2.24) is 15.4 Å². The Morgan fingerprint density at radius 2 is 2.64 bits per heavy atom. The predicted octanol–water partition coefficient (Wildman–Crippen LogP) is 0.371. The molecule has 0 radical (unpaired) electrons. The van der Waals surface area contributed by atoms with Crippen molar-refractivity contribution < 1.29 is 9.53 Å². The Kier molecular flexibility index (Phi) is 2.59. The van der Waals surface area contributed by atoms with E-state index >= 15 is 0 Å². The Balaban J connectivity index is 2.43. The van der Waals surface area contributed by atoms with Crippen molar-refractivity contribution >= 4 is 5.97 Å². The number of aromatic nitrogens is 3. The molecule has 0 aliphatic carbocycles. The van der Waals surface area contributed by atoms with Crippen LogP contribution in [0, 0.1) is 0 Å². The molecule has 0 aromatic carbocycles. The summed E-state index contributed by atoms with van der Waals surface area (Å²) in [5.41, 5.74) is 0.290. The van der Waals surface area contributed by atoms with E-state index in [1.807, 2.05) is 6.92 Å². The van der Waals surface area contributed by atoms with Gasteiger partial charge in [0.25, 0.3) is 0 Å². The fraction of sp³-hybridized carbons (Fsp3) is 0.500. The number of carbonyl (C=O) groups excluding carboxylic acids is 1. The molecule has 0 amide bonds. The van der Waals surface area contributed by atoms with Gasteiger partial charge in [-0.2, -0.15) is 0 Å². The van der Waals surface area contributed by atoms with E-state index < -0.39 is 5.97 Å². The number of ether oxygens (including phenoxy) is 1. The SMILES string of the molecule is CCCOC(=O)c1cnn[nH]1. The Labute approximate surface area is 63.8 Å². The molecule has 11 heavy (non-hydrogen) atoms. The van der Waals surface area contributed by atoms with Gasteiger partial charge in [0.1, 0.15) is 0 Å². The summed E-state index contributed by atoms with van der Waals surface area (Å²) in [6.07, 6.45) is 2.14. The monoisotopic (exact) mass is 155 g/mol. The normalized spacial score (nSPS) is 9.55. The first-order valence-electron chi connectivity index (χ1n) is 3.37. The number of nitrogens with zero attached hydrogens (tertiary/aromatic N) is 2. The molecule has 1 aromatic heterocycles. The average Bonchev–Trinajstić information content (AvgIpc) is 2.52. The van der Waals surface area contributed by atoms with Gasteiger partial charge in [-0.25, -0.2) is 4.79 Å². The highest BCUT2D eigenvalue weighted by Crippen LogP contribution is 1.93. The van der Waals surface area contributed by atoms with Crippen molar-refractivity contribution in [1.29, 1.82) is 0 Å². The first-order chi connectivity index (χ1) is 5.34. The maximum Gasteiger partial charge on any atom is 0.358 e. The Bertz CT molecular complexity index is 220. The zero-order valence-corrected chi connectivity index (χ0v) is 6.20. The van der Waals surface area contributed by atoms with E-state index in [1.54, 1.807) is 0 Å². The third kappa shape index (κ3) is 2.03. The van der Waals surface area contributed by atoms with E-state index in [2.05, 4.69) is 15.4 Å². The van der Waals surface area contributed by atoms with Crippen LogP contribution in [0.15, 0.2) is 6.20 Å². The van der Waals surface area contributed by atoms with Gasteiger partial charge in [0.15, 0.2) is 5.69 Å². The molecule has 0 saturated carbocycles. The highest BCUT2D eigenvalue weighted by Gasteiger charge is 2.07. The smallest absolute Gasteiger partial charge is 0.358 e. The second-order valence-corrected chi connectivity index (χ2v) is 2.01. The van der Waals surface area contributed by atoms with Crippen molar-refractivity contribution in [2.45, 2.75) is 13.3 Å². The van der Waals surface area contributed by atoms with Gasteiger partial charge in [0.05, 0.1) is 12.8 Å². The van der Waals surface area contributed by atoms with Gasteiger partial charge >= 0.3 is 5.97 Å². The second kappa shape index (κ2) is 3.70. The lowest BCUT2D eigenvalue weighted by molar-refractivity contribution is 0.0498. The number of rotatable bonds is 3. The maximum absolute atomic E-state index is 10.9. The van der Waals surface area contributed by atoms with Crippen LogP contribution < -0.4 is 0 Å². The summed E-state index contributed by atoms with van der Waals surface area (Å²) in [6.45, 7) is 2.36. The molecule has 60 valence electrons. The predicted molar refractivity (Wildman–Crippen MR) is 37.0 cm³/mol. The summed E-state index contributed by atoms with van der Waals surface area (Å²) in [5, 5.41) is 9.23. The minimum Gasteiger partial charge on any atom is -0.461 e. The fourth-order valence-electron chi connectivity index (χ4n) is 0.569. The summed E-state index contributed by atoms with van der Waals surface area (Å²) in [7, 11) is 0. The molecule has 0 atom stereocenters. The highest BCUT2D eigenvalue weighted by molar-refractivity contribution is 5.86. The molecule has 5 heteroatoms. The molecule has 0 aliphatic rings. The van der Waals surface area contributed by atoms with E-state index in [9.17, 15) is 4.79 Å². The Hall–Kier alpha value is -1.39. The minimum absolute atomic E-state index is 0.290. The van der Waals surface area contributed by atoms with E-state index in [0.29, 0.717) is 12.3 Å². The molecule has 1 rings (SSSR count). The number of carbonyl (C=O) groups is 1. The van der Waals surface area contributed by atoms with Gasteiger partial charge in [-0.05, 0) is 6.42 Å². The topological polar surface area (TPSA) is 67.9 Å². The van der Waals surface area contributed by atoms with Crippen molar-refractivity contribution in [3.63, 3.8) is 0 Å². The lowest BCUT2D eigenvalue weighted by Crippen LogP contribution is -2.06. The Morgan fingerprint density at radius 1 is 1.82 bits per heavy atom. The standard InChI is InChI=1S/C6H9N3O2/c1-2-3-11-6(10)5-4-7-9-8-5/h4H,2-3H2,1H3,(H,7,8,9). The molecular weight excluding hydrogens is 146 g/mol. The zero-order chi connectivity index (χ0) is 8.10. The van der Waals surface area contributed by atoms with E-state index in [4.69, 9.17) is 4.74 Å². The van der Waals surface area contributed by atoms with Crippen molar-refractivity contribution in [3.8, 4) is 0 Å². The molecule has 0 spiro atoms. The first-order valence-corrected chi connectivity index (χ1v) is 3.37. The molecule has 0 bridgehead atoms. The summed E-state index contributed by atoms with van der Waals surface area (Å²) >= 11 is 0. The van der Waals surface area contributed by atoms with Crippen molar-refractivity contribution in [3.05, 3.63) is 11.9 Å². The number of H-pyrrole nitrogens is 1. The molecule has 5 nitrogen and oxygen atoms in total. The van der Waals surface area contributed by atoms with Crippen LogP contribution in [0.5, 0.6) is 0 Å². The number of hydrogen-bond acceptors (Lipinski definition) is 4. The second-order valence-electron chi connectivity index (χ2n) is 2.01. The van der Waals surface area contributed by atoms with Gasteiger partial charge in [-0.1, -0.05) is 12.1 Å².